The average molecular weight is 362 g/mol. The molecule has 0 aliphatic rings. The van der Waals surface area contributed by atoms with Crippen LogP contribution in [0.2, 0.25) is 0 Å². The minimum atomic E-state index is -6.72. The monoisotopic (exact) mass is 362 g/mol. The van der Waals surface area contributed by atoms with Gasteiger partial charge in [-0.1, -0.05) is 0 Å². The molecule has 130 valence electrons. The molecule has 0 aliphatic carbocycles. The van der Waals surface area contributed by atoms with E-state index in [2.05, 4.69) is 13.6 Å². The van der Waals surface area contributed by atoms with Gasteiger partial charge in [0.1, 0.15) is 0 Å². The summed E-state index contributed by atoms with van der Waals surface area (Å²) in [4.78, 5) is 0. The Kier molecular flexibility index (Phi) is 5.90. The van der Waals surface area contributed by atoms with Gasteiger partial charge in [-0.3, -0.25) is 0 Å². The molecule has 0 saturated carbocycles. The maximum atomic E-state index is 14.0. The summed E-state index contributed by atoms with van der Waals surface area (Å²) < 4.78 is 131. The van der Waals surface area contributed by atoms with E-state index in [1.165, 1.54) is 0 Å². The Balaban J connectivity index is 5.03. The van der Waals surface area contributed by atoms with Crippen LogP contribution in [0.15, 0.2) is 0 Å². The summed E-state index contributed by atoms with van der Waals surface area (Å²) in [7, 11) is -6.72. The fraction of sp³-hybridized carbons (Fsp3) is 1.00. The Morgan fingerprint density at radius 1 is 0.619 bits per heavy atom. The van der Waals surface area contributed by atoms with Crippen LogP contribution >= 0.6 is 7.59 Å². The van der Waals surface area contributed by atoms with Crippen molar-refractivity contribution in [2.75, 3.05) is 26.5 Å². The third-order valence-corrected chi connectivity index (χ3v) is 3.62. The first-order valence-corrected chi connectivity index (χ1v) is 7.12. The predicted molar refractivity (Wildman–Crippen MR) is 50.0 cm³/mol. The first-order valence-electron chi connectivity index (χ1n) is 4.79. The fourth-order valence-electron chi connectivity index (χ4n) is 0.756. The molecule has 0 atom stereocenters. The summed E-state index contributed by atoms with van der Waals surface area (Å²) in [6, 6.07) is 0. The van der Waals surface area contributed by atoms with Crippen molar-refractivity contribution in [1.82, 2.24) is 0 Å². The van der Waals surface area contributed by atoms with Crippen molar-refractivity contribution in [3.05, 3.63) is 0 Å². The molecule has 0 radical (unpaired) electrons. The number of halogens is 10. The normalized spacial score (nSPS) is 16.6. The molecule has 0 aromatic heterocycles. The zero-order valence-corrected chi connectivity index (χ0v) is 11.0. The summed E-state index contributed by atoms with van der Waals surface area (Å²) >= 11 is 0. The number of rotatable bonds is 6. The fourth-order valence-corrected chi connectivity index (χ4v) is 2.27. The molecule has 0 bridgehead atoms. The van der Waals surface area contributed by atoms with Gasteiger partial charge in [-0.2, -0.15) is 0 Å². The average Bonchev–Trinajstić information content (AvgIpc) is 2.20. The second-order valence-corrected chi connectivity index (χ2v) is 6.88. The van der Waals surface area contributed by atoms with Gasteiger partial charge in [-0.15, -0.1) is 0 Å². The second-order valence-electron chi connectivity index (χ2n) is 3.81. The van der Waals surface area contributed by atoms with Crippen molar-refractivity contribution in [2.45, 2.75) is 18.5 Å². The van der Waals surface area contributed by atoms with Crippen molar-refractivity contribution in [3.8, 4) is 0 Å². The summed E-state index contributed by atoms with van der Waals surface area (Å²) in [5.74, 6) is 0. The van der Waals surface area contributed by atoms with E-state index >= 15 is 0 Å². The van der Waals surface area contributed by atoms with E-state index in [4.69, 9.17) is 0 Å². The van der Waals surface area contributed by atoms with Gasteiger partial charge in [0, 0.05) is 0 Å². The van der Waals surface area contributed by atoms with E-state index in [1.54, 1.807) is 0 Å². The molecule has 0 N–H and O–H groups in total. The van der Waals surface area contributed by atoms with Crippen LogP contribution in [0.5, 0.6) is 0 Å². The van der Waals surface area contributed by atoms with Gasteiger partial charge in [-0.25, -0.2) is 0 Å². The zero-order valence-electron chi connectivity index (χ0n) is 10.1. The van der Waals surface area contributed by atoms with Gasteiger partial charge in [0.05, 0.1) is 0 Å². The van der Waals surface area contributed by atoms with Gasteiger partial charge in [-0.05, 0) is 0 Å². The maximum absolute atomic E-state index is 14.0. The van der Waals surface area contributed by atoms with E-state index in [-0.39, 0.29) is 6.66 Å². The molecule has 0 aromatic rings. The summed E-state index contributed by atoms with van der Waals surface area (Å²) in [6.45, 7) is -7.58. The molecular formula is C7H9F10O3P. The molecule has 0 aliphatic heterocycles. The molecule has 0 fully saturated rings. The Morgan fingerprint density at radius 3 is 0.952 bits per heavy atom. The molecule has 0 spiro atoms. The van der Waals surface area contributed by atoms with Gasteiger partial charge < -0.3 is 0 Å². The molecule has 0 amide bonds. The van der Waals surface area contributed by atoms with Crippen molar-refractivity contribution in [3.63, 3.8) is 0 Å². The van der Waals surface area contributed by atoms with Crippen LogP contribution in [0.4, 0.5) is 43.7 Å². The third-order valence-electron chi connectivity index (χ3n) is 1.53. The number of alkyl halides is 9. The SMILES string of the molecule is CP(F)(OCC(F)(F)F)(OCC(F)(F)F)OCC(F)(F)F. The van der Waals surface area contributed by atoms with Crippen molar-refractivity contribution in [1.29, 1.82) is 0 Å². The van der Waals surface area contributed by atoms with Crippen molar-refractivity contribution in [2.24, 2.45) is 0 Å². The van der Waals surface area contributed by atoms with Gasteiger partial charge in [0.25, 0.3) is 0 Å². The zero-order chi connectivity index (χ0) is 17.2. The van der Waals surface area contributed by atoms with E-state index in [9.17, 15) is 43.7 Å². The molecule has 3 nitrogen and oxygen atoms in total. The first-order chi connectivity index (χ1) is 8.90. The Hall–Kier alpha value is -0.390. The molecule has 0 rings (SSSR count). The topological polar surface area (TPSA) is 27.7 Å². The molecular weight excluding hydrogens is 353 g/mol. The van der Waals surface area contributed by atoms with Crippen LogP contribution in [-0.2, 0) is 13.6 Å². The second kappa shape index (κ2) is 6.01. The Labute approximate surface area is 111 Å². The minimum absolute atomic E-state index is 0.144. The summed E-state index contributed by atoms with van der Waals surface area (Å²) in [5.41, 5.74) is 0. The quantitative estimate of drug-likeness (QED) is 0.513. The van der Waals surface area contributed by atoms with Crippen molar-refractivity contribution >= 4 is 7.59 Å². The van der Waals surface area contributed by atoms with Crippen LogP contribution in [0, 0.1) is 0 Å². The molecule has 14 heteroatoms. The van der Waals surface area contributed by atoms with Gasteiger partial charge >= 0.3 is 110 Å². The predicted octanol–water partition coefficient (Wildman–Crippen LogP) is 4.54. The van der Waals surface area contributed by atoms with Crippen LogP contribution in [0.25, 0.3) is 0 Å². The van der Waals surface area contributed by atoms with E-state index in [0.717, 1.165) is 0 Å². The van der Waals surface area contributed by atoms with Crippen LogP contribution in [0.1, 0.15) is 0 Å². The molecule has 0 saturated heterocycles. The first kappa shape index (κ1) is 20.6. The van der Waals surface area contributed by atoms with Crippen LogP contribution in [0.3, 0.4) is 0 Å². The molecule has 0 heterocycles. The Bertz CT molecular complexity index is 294. The Morgan fingerprint density at radius 2 is 0.810 bits per heavy atom. The molecule has 21 heavy (non-hydrogen) atoms. The summed E-state index contributed by atoms with van der Waals surface area (Å²) in [6.07, 6.45) is -15.6. The molecule has 0 aromatic carbocycles. The van der Waals surface area contributed by atoms with Crippen molar-refractivity contribution < 1.29 is 57.3 Å². The van der Waals surface area contributed by atoms with Crippen LogP contribution in [-0.4, -0.2) is 45.0 Å². The van der Waals surface area contributed by atoms with Crippen LogP contribution < -0.4 is 0 Å². The van der Waals surface area contributed by atoms with E-state index in [1.807, 2.05) is 0 Å². The number of hydrogen-bond donors (Lipinski definition) is 0. The number of hydrogen-bond acceptors (Lipinski definition) is 3. The standard InChI is InChI=1S/C7H9F10O3P/c1-21(17,18-2-5(8,9)10,19-3-6(11,12)13)20-4-7(14,15)16/h2-4H2,1H3. The third kappa shape index (κ3) is 10.9. The molecule has 0 unspecified atom stereocenters. The van der Waals surface area contributed by atoms with Gasteiger partial charge in [0.15, 0.2) is 0 Å². The van der Waals surface area contributed by atoms with E-state index in [0.29, 0.717) is 0 Å². The summed E-state index contributed by atoms with van der Waals surface area (Å²) in [5, 5.41) is 0. The van der Waals surface area contributed by atoms with Gasteiger partial charge in [0.2, 0.25) is 0 Å². The van der Waals surface area contributed by atoms with E-state index < -0.39 is 45.9 Å².